The van der Waals surface area contributed by atoms with Crippen LogP contribution in [-0.4, -0.2) is 48.0 Å². The zero-order chi connectivity index (χ0) is 21.7. The third-order valence-corrected chi connectivity index (χ3v) is 4.15. The van der Waals surface area contributed by atoms with Crippen molar-refractivity contribution in [2.24, 2.45) is 0 Å². The Labute approximate surface area is 171 Å². The first kappa shape index (κ1) is 20.3. The zero-order valence-electron chi connectivity index (χ0n) is 16.4. The standard InChI is InChI=1S/C20H17N5O5/c1-28-16-8-13(20(27)30-3)15(9-17(16)29-2)22-19(26)14-4-5-18(24-23-14)25-7-6-12(10-21)11-25/h4-9,11H,1-3H3,(H,22,26). The largest absolute Gasteiger partial charge is 0.493 e. The molecule has 0 radical (unpaired) electrons. The number of carbonyl (C=O) groups is 2. The molecule has 3 aromatic rings. The van der Waals surface area contributed by atoms with Gasteiger partial charge in [0.2, 0.25) is 0 Å². The summed E-state index contributed by atoms with van der Waals surface area (Å²) in [4.78, 5) is 24.8. The second-order valence-electron chi connectivity index (χ2n) is 5.89. The topological polar surface area (TPSA) is 128 Å². The van der Waals surface area contributed by atoms with Crippen molar-refractivity contribution in [1.82, 2.24) is 14.8 Å². The van der Waals surface area contributed by atoms with Crippen LogP contribution in [0.15, 0.2) is 42.7 Å². The van der Waals surface area contributed by atoms with Crippen LogP contribution in [0.4, 0.5) is 5.69 Å². The number of aromatic nitrogens is 3. The molecular weight excluding hydrogens is 390 g/mol. The monoisotopic (exact) mass is 407 g/mol. The summed E-state index contributed by atoms with van der Waals surface area (Å²) in [6.07, 6.45) is 3.25. The van der Waals surface area contributed by atoms with Gasteiger partial charge in [0.1, 0.15) is 6.07 Å². The molecule has 0 fully saturated rings. The second-order valence-corrected chi connectivity index (χ2v) is 5.89. The number of hydrogen-bond acceptors (Lipinski definition) is 8. The molecule has 2 heterocycles. The normalized spacial score (nSPS) is 10.1. The summed E-state index contributed by atoms with van der Waals surface area (Å²) < 4.78 is 16.8. The minimum absolute atomic E-state index is 0.0250. The molecule has 0 spiro atoms. The fourth-order valence-electron chi connectivity index (χ4n) is 2.64. The molecule has 0 saturated heterocycles. The first-order valence-corrected chi connectivity index (χ1v) is 8.58. The van der Waals surface area contributed by atoms with Crippen LogP contribution in [0.5, 0.6) is 11.5 Å². The van der Waals surface area contributed by atoms with E-state index in [2.05, 4.69) is 15.5 Å². The van der Waals surface area contributed by atoms with Gasteiger partial charge in [0, 0.05) is 24.5 Å². The number of nitrogens with zero attached hydrogens (tertiary/aromatic N) is 4. The Bertz CT molecular complexity index is 1130. The van der Waals surface area contributed by atoms with Gasteiger partial charge >= 0.3 is 5.97 Å². The van der Waals surface area contributed by atoms with E-state index in [9.17, 15) is 9.59 Å². The molecule has 0 saturated carbocycles. The fourth-order valence-corrected chi connectivity index (χ4v) is 2.64. The third-order valence-electron chi connectivity index (χ3n) is 4.15. The Kier molecular flexibility index (Phi) is 5.93. The summed E-state index contributed by atoms with van der Waals surface area (Å²) in [5, 5.41) is 19.4. The molecule has 3 rings (SSSR count). The number of nitrogens with one attached hydrogen (secondary N) is 1. The predicted molar refractivity (Wildman–Crippen MR) is 105 cm³/mol. The maximum Gasteiger partial charge on any atom is 0.340 e. The van der Waals surface area contributed by atoms with Crippen molar-refractivity contribution in [3.63, 3.8) is 0 Å². The SMILES string of the molecule is COC(=O)c1cc(OC)c(OC)cc1NC(=O)c1ccc(-n2ccc(C#N)c2)nn1. The van der Waals surface area contributed by atoms with Gasteiger partial charge in [-0.3, -0.25) is 4.79 Å². The summed E-state index contributed by atoms with van der Waals surface area (Å²) in [6, 6.07) is 9.57. The van der Waals surface area contributed by atoms with E-state index in [1.54, 1.807) is 29.1 Å². The first-order chi connectivity index (χ1) is 14.5. The summed E-state index contributed by atoms with van der Waals surface area (Å²) in [5.74, 6) is -0.175. The van der Waals surface area contributed by atoms with Crippen molar-refractivity contribution in [2.75, 3.05) is 26.6 Å². The molecule has 0 aliphatic heterocycles. The minimum Gasteiger partial charge on any atom is -0.493 e. The molecule has 10 heteroatoms. The molecule has 1 aromatic carbocycles. The molecule has 0 atom stereocenters. The lowest BCUT2D eigenvalue weighted by Gasteiger charge is -2.14. The number of carbonyl (C=O) groups excluding carboxylic acids is 2. The van der Waals surface area contributed by atoms with Gasteiger partial charge in [-0.25, -0.2) is 4.79 Å². The highest BCUT2D eigenvalue weighted by Gasteiger charge is 2.20. The number of ether oxygens (including phenoxy) is 3. The Morgan fingerprint density at radius 2 is 1.80 bits per heavy atom. The van der Waals surface area contributed by atoms with Gasteiger partial charge in [-0.05, 0) is 18.2 Å². The lowest BCUT2D eigenvalue weighted by atomic mass is 10.1. The number of rotatable bonds is 6. The van der Waals surface area contributed by atoms with Gasteiger partial charge in [-0.2, -0.15) is 5.26 Å². The van der Waals surface area contributed by atoms with Crippen molar-refractivity contribution in [2.45, 2.75) is 0 Å². The lowest BCUT2D eigenvalue weighted by molar-refractivity contribution is 0.0601. The molecule has 1 amide bonds. The van der Waals surface area contributed by atoms with Crippen LogP contribution in [0.25, 0.3) is 5.82 Å². The van der Waals surface area contributed by atoms with Crippen LogP contribution in [0.2, 0.25) is 0 Å². The Hall–Kier alpha value is -4.39. The van der Waals surface area contributed by atoms with Crippen LogP contribution in [0.1, 0.15) is 26.4 Å². The number of hydrogen-bond donors (Lipinski definition) is 1. The molecule has 0 unspecified atom stereocenters. The average Bonchev–Trinajstić information content (AvgIpc) is 3.27. The van der Waals surface area contributed by atoms with Gasteiger partial charge in [0.25, 0.3) is 5.91 Å². The number of anilines is 1. The number of esters is 1. The van der Waals surface area contributed by atoms with E-state index >= 15 is 0 Å². The summed E-state index contributed by atoms with van der Waals surface area (Å²) in [5.41, 5.74) is 0.753. The molecular formula is C20H17N5O5. The number of nitriles is 1. The van der Waals surface area contributed by atoms with Crippen LogP contribution >= 0.6 is 0 Å². The smallest absolute Gasteiger partial charge is 0.340 e. The van der Waals surface area contributed by atoms with E-state index in [0.717, 1.165) is 0 Å². The van der Waals surface area contributed by atoms with Gasteiger partial charge < -0.3 is 24.1 Å². The highest BCUT2D eigenvalue weighted by Crippen LogP contribution is 2.34. The van der Waals surface area contributed by atoms with E-state index in [1.807, 2.05) is 6.07 Å². The molecule has 0 bridgehead atoms. The molecule has 152 valence electrons. The van der Waals surface area contributed by atoms with E-state index < -0.39 is 11.9 Å². The molecule has 2 aromatic heterocycles. The summed E-state index contributed by atoms with van der Waals surface area (Å²) in [7, 11) is 4.09. The van der Waals surface area contributed by atoms with Gasteiger partial charge in [0.15, 0.2) is 23.0 Å². The molecule has 0 aliphatic carbocycles. The Morgan fingerprint density at radius 1 is 1.07 bits per heavy atom. The van der Waals surface area contributed by atoms with Crippen molar-refractivity contribution in [3.05, 3.63) is 59.5 Å². The van der Waals surface area contributed by atoms with Crippen molar-refractivity contribution >= 4 is 17.6 Å². The molecule has 30 heavy (non-hydrogen) atoms. The van der Waals surface area contributed by atoms with Crippen LogP contribution in [-0.2, 0) is 4.74 Å². The molecule has 1 N–H and O–H groups in total. The van der Waals surface area contributed by atoms with E-state index in [0.29, 0.717) is 22.9 Å². The number of benzene rings is 1. The minimum atomic E-state index is -0.659. The quantitative estimate of drug-likeness (QED) is 0.616. The van der Waals surface area contributed by atoms with Gasteiger partial charge in [0.05, 0.1) is 38.1 Å². The van der Waals surface area contributed by atoms with Gasteiger partial charge in [-0.15, -0.1) is 10.2 Å². The maximum atomic E-state index is 12.6. The van der Waals surface area contributed by atoms with Gasteiger partial charge in [-0.1, -0.05) is 0 Å². The fraction of sp³-hybridized carbons (Fsp3) is 0.150. The van der Waals surface area contributed by atoms with Crippen molar-refractivity contribution in [1.29, 1.82) is 5.26 Å². The highest BCUT2D eigenvalue weighted by molar-refractivity contribution is 6.07. The van der Waals surface area contributed by atoms with E-state index in [4.69, 9.17) is 19.5 Å². The predicted octanol–water partition coefficient (Wildman–Crippen LogP) is 2.20. The number of methoxy groups -OCH3 is 3. The van der Waals surface area contributed by atoms with Crippen molar-refractivity contribution in [3.8, 4) is 23.4 Å². The number of amides is 1. The van der Waals surface area contributed by atoms with Crippen LogP contribution in [0, 0.1) is 11.3 Å². The Balaban J connectivity index is 1.88. The van der Waals surface area contributed by atoms with E-state index in [-0.39, 0.29) is 16.9 Å². The zero-order valence-corrected chi connectivity index (χ0v) is 16.4. The maximum absolute atomic E-state index is 12.6. The third kappa shape index (κ3) is 4.05. The lowest BCUT2D eigenvalue weighted by Crippen LogP contribution is -2.18. The highest BCUT2D eigenvalue weighted by atomic mass is 16.5. The van der Waals surface area contributed by atoms with Crippen LogP contribution < -0.4 is 14.8 Å². The van der Waals surface area contributed by atoms with E-state index in [1.165, 1.54) is 39.5 Å². The summed E-state index contributed by atoms with van der Waals surface area (Å²) in [6.45, 7) is 0. The average molecular weight is 407 g/mol. The Morgan fingerprint density at radius 3 is 2.37 bits per heavy atom. The van der Waals surface area contributed by atoms with Crippen LogP contribution in [0.3, 0.4) is 0 Å². The molecule has 10 nitrogen and oxygen atoms in total. The molecule has 0 aliphatic rings. The summed E-state index contributed by atoms with van der Waals surface area (Å²) >= 11 is 0. The first-order valence-electron chi connectivity index (χ1n) is 8.58. The second kappa shape index (κ2) is 8.74. The van der Waals surface area contributed by atoms with Crippen molar-refractivity contribution < 1.29 is 23.8 Å².